The molecule has 0 aliphatic carbocycles. The SMILES string of the molecule is CN1CCC2(CC1)NC(=O)c1ccccc1O2. The minimum absolute atomic E-state index is 0.0172. The van der Waals surface area contributed by atoms with Crippen molar-refractivity contribution in [3.63, 3.8) is 0 Å². The van der Waals surface area contributed by atoms with Crippen LogP contribution in [0.1, 0.15) is 23.2 Å². The number of carbonyl (C=O) groups is 1. The summed E-state index contributed by atoms with van der Waals surface area (Å²) in [4.78, 5) is 14.3. The molecule has 1 N–H and O–H groups in total. The Bertz CT molecular complexity index is 450. The molecule has 4 nitrogen and oxygen atoms in total. The first-order valence-corrected chi connectivity index (χ1v) is 5.98. The Balaban J connectivity index is 1.91. The molecule has 0 aromatic heterocycles. The lowest BCUT2D eigenvalue weighted by atomic mass is 9.97. The maximum Gasteiger partial charge on any atom is 0.258 e. The second kappa shape index (κ2) is 3.74. The van der Waals surface area contributed by atoms with Crippen molar-refractivity contribution in [2.75, 3.05) is 20.1 Å². The molecule has 1 aromatic rings. The van der Waals surface area contributed by atoms with Crippen LogP contribution in [0.25, 0.3) is 0 Å². The third-order valence-corrected chi connectivity index (χ3v) is 3.57. The van der Waals surface area contributed by atoms with Gasteiger partial charge >= 0.3 is 0 Å². The van der Waals surface area contributed by atoms with Crippen LogP contribution in [0.4, 0.5) is 0 Å². The van der Waals surface area contributed by atoms with Crippen LogP contribution >= 0.6 is 0 Å². The Hall–Kier alpha value is -1.55. The molecule has 2 aliphatic heterocycles. The summed E-state index contributed by atoms with van der Waals surface area (Å²) in [5.74, 6) is 0.692. The number of nitrogens with one attached hydrogen (secondary N) is 1. The third kappa shape index (κ3) is 1.78. The number of ether oxygens (including phenoxy) is 1. The number of para-hydroxylation sites is 1. The second-order valence-electron chi connectivity index (χ2n) is 4.85. The predicted octanol–water partition coefficient (Wildman–Crippen LogP) is 1.23. The second-order valence-corrected chi connectivity index (χ2v) is 4.85. The number of rotatable bonds is 0. The maximum absolute atomic E-state index is 12.0. The molecule has 1 fully saturated rings. The molecule has 2 heterocycles. The Morgan fingerprint density at radius 3 is 2.76 bits per heavy atom. The maximum atomic E-state index is 12.0. The van der Waals surface area contributed by atoms with Gasteiger partial charge in [-0.25, -0.2) is 0 Å². The van der Waals surface area contributed by atoms with Gasteiger partial charge in [0.1, 0.15) is 5.75 Å². The number of hydrogen-bond acceptors (Lipinski definition) is 3. The zero-order valence-corrected chi connectivity index (χ0v) is 9.90. The van der Waals surface area contributed by atoms with Crippen molar-refractivity contribution in [1.29, 1.82) is 0 Å². The molecule has 0 radical (unpaired) electrons. The summed E-state index contributed by atoms with van der Waals surface area (Å²) in [6.45, 7) is 1.89. The van der Waals surface area contributed by atoms with Gasteiger partial charge in [-0.2, -0.15) is 0 Å². The topological polar surface area (TPSA) is 41.6 Å². The number of fused-ring (bicyclic) bond motifs is 1. The van der Waals surface area contributed by atoms with Crippen LogP contribution in [-0.4, -0.2) is 36.7 Å². The Labute approximate surface area is 101 Å². The molecule has 0 atom stereocenters. The van der Waals surface area contributed by atoms with E-state index in [1.54, 1.807) is 6.07 Å². The fraction of sp³-hybridized carbons (Fsp3) is 0.462. The summed E-state index contributed by atoms with van der Waals surface area (Å²) in [7, 11) is 2.09. The number of carbonyl (C=O) groups excluding carboxylic acids is 1. The van der Waals surface area contributed by atoms with Crippen molar-refractivity contribution in [2.45, 2.75) is 18.6 Å². The van der Waals surface area contributed by atoms with Gasteiger partial charge in [-0.3, -0.25) is 4.79 Å². The first-order valence-electron chi connectivity index (χ1n) is 5.98. The van der Waals surface area contributed by atoms with E-state index in [9.17, 15) is 4.79 Å². The van der Waals surface area contributed by atoms with Gasteiger partial charge in [0.2, 0.25) is 0 Å². The van der Waals surface area contributed by atoms with Crippen molar-refractivity contribution in [2.24, 2.45) is 0 Å². The Morgan fingerprint density at radius 2 is 2.00 bits per heavy atom. The van der Waals surface area contributed by atoms with Crippen molar-refractivity contribution in [3.8, 4) is 5.75 Å². The molecule has 1 spiro atoms. The van der Waals surface area contributed by atoms with Gasteiger partial charge in [-0.1, -0.05) is 12.1 Å². The van der Waals surface area contributed by atoms with Gasteiger partial charge in [0.05, 0.1) is 5.56 Å². The van der Waals surface area contributed by atoms with Crippen LogP contribution in [0.3, 0.4) is 0 Å². The molecule has 0 unspecified atom stereocenters. The van der Waals surface area contributed by atoms with E-state index in [1.807, 2.05) is 18.2 Å². The molecular formula is C13H16N2O2. The van der Waals surface area contributed by atoms with E-state index in [0.29, 0.717) is 11.3 Å². The fourth-order valence-corrected chi connectivity index (χ4v) is 2.46. The summed E-state index contributed by atoms with van der Waals surface area (Å²) < 4.78 is 6.02. The van der Waals surface area contributed by atoms with Gasteiger partial charge in [0.25, 0.3) is 5.91 Å². The molecule has 0 saturated carbocycles. The van der Waals surface area contributed by atoms with E-state index < -0.39 is 5.72 Å². The minimum Gasteiger partial charge on any atom is -0.467 e. The molecule has 1 aromatic carbocycles. The van der Waals surface area contributed by atoms with Crippen LogP contribution in [0, 0.1) is 0 Å². The normalized spacial score (nSPS) is 22.8. The van der Waals surface area contributed by atoms with Crippen LogP contribution < -0.4 is 10.1 Å². The summed E-state index contributed by atoms with van der Waals surface area (Å²) in [5.41, 5.74) is 0.148. The van der Waals surface area contributed by atoms with Crippen LogP contribution in [0.15, 0.2) is 24.3 Å². The average Bonchev–Trinajstić information content (AvgIpc) is 2.34. The molecule has 4 heteroatoms. The Kier molecular flexibility index (Phi) is 2.33. The summed E-state index contributed by atoms with van der Waals surface area (Å²) >= 11 is 0. The van der Waals surface area contributed by atoms with Crippen LogP contribution in [0.5, 0.6) is 5.75 Å². The smallest absolute Gasteiger partial charge is 0.258 e. The molecule has 0 bridgehead atoms. The van der Waals surface area contributed by atoms with Crippen LogP contribution in [-0.2, 0) is 0 Å². The summed E-state index contributed by atoms with van der Waals surface area (Å²) in [5, 5.41) is 3.02. The number of benzene rings is 1. The highest BCUT2D eigenvalue weighted by molar-refractivity contribution is 5.98. The minimum atomic E-state index is -0.488. The van der Waals surface area contributed by atoms with Gasteiger partial charge in [0.15, 0.2) is 5.72 Å². The molecule has 3 rings (SSSR count). The van der Waals surface area contributed by atoms with Gasteiger partial charge in [-0.15, -0.1) is 0 Å². The highest BCUT2D eigenvalue weighted by Crippen LogP contribution is 2.32. The number of likely N-dealkylation sites (tertiary alicyclic amines) is 1. The third-order valence-electron chi connectivity index (χ3n) is 3.57. The molecule has 1 saturated heterocycles. The van der Waals surface area contributed by atoms with Crippen molar-refractivity contribution >= 4 is 5.91 Å². The molecule has 2 aliphatic rings. The lowest BCUT2D eigenvalue weighted by molar-refractivity contribution is -0.0242. The van der Waals surface area contributed by atoms with E-state index in [2.05, 4.69) is 17.3 Å². The lowest BCUT2D eigenvalue weighted by Gasteiger charge is -2.43. The summed E-state index contributed by atoms with van der Waals surface area (Å²) in [6, 6.07) is 7.43. The highest BCUT2D eigenvalue weighted by Gasteiger charge is 2.41. The number of piperidine rings is 1. The van der Waals surface area contributed by atoms with E-state index in [4.69, 9.17) is 4.74 Å². The zero-order valence-electron chi connectivity index (χ0n) is 9.90. The van der Waals surface area contributed by atoms with Crippen LogP contribution in [0.2, 0.25) is 0 Å². The quantitative estimate of drug-likeness (QED) is 0.731. The number of nitrogens with zero attached hydrogens (tertiary/aromatic N) is 1. The Morgan fingerprint density at radius 1 is 1.29 bits per heavy atom. The molecule has 1 amide bonds. The van der Waals surface area contributed by atoms with Crippen molar-refractivity contribution in [3.05, 3.63) is 29.8 Å². The number of hydrogen-bond donors (Lipinski definition) is 1. The molecule has 17 heavy (non-hydrogen) atoms. The first kappa shape index (κ1) is 10.6. The van der Waals surface area contributed by atoms with Crippen molar-refractivity contribution in [1.82, 2.24) is 10.2 Å². The van der Waals surface area contributed by atoms with Gasteiger partial charge in [0, 0.05) is 25.9 Å². The average molecular weight is 232 g/mol. The largest absolute Gasteiger partial charge is 0.467 e. The zero-order chi connectivity index (χ0) is 11.9. The van der Waals surface area contributed by atoms with E-state index in [0.717, 1.165) is 25.9 Å². The lowest BCUT2D eigenvalue weighted by Crippen LogP contribution is -2.60. The fourth-order valence-electron chi connectivity index (χ4n) is 2.46. The van der Waals surface area contributed by atoms with Gasteiger partial charge < -0.3 is 15.0 Å². The highest BCUT2D eigenvalue weighted by atomic mass is 16.5. The number of amides is 1. The van der Waals surface area contributed by atoms with Crippen molar-refractivity contribution < 1.29 is 9.53 Å². The first-order chi connectivity index (χ1) is 8.19. The molecule has 90 valence electrons. The van der Waals surface area contributed by atoms with Gasteiger partial charge in [-0.05, 0) is 19.2 Å². The monoisotopic (exact) mass is 232 g/mol. The van der Waals surface area contributed by atoms with E-state index in [1.165, 1.54) is 0 Å². The van der Waals surface area contributed by atoms with E-state index >= 15 is 0 Å². The molecular weight excluding hydrogens is 216 g/mol. The predicted molar refractivity (Wildman–Crippen MR) is 64.0 cm³/mol. The summed E-state index contributed by atoms with van der Waals surface area (Å²) in [6.07, 6.45) is 1.67. The standard InChI is InChI=1S/C13H16N2O2/c1-15-8-6-13(7-9-15)14-12(16)10-4-2-3-5-11(10)17-13/h2-5H,6-9H2,1H3,(H,14,16). The van der Waals surface area contributed by atoms with E-state index in [-0.39, 0.29) is 5.91 Å².